The lowest BCUT2D eigenvalue weighted by molar-refractivity contribution is -0.0613. The summed E-state index contributed by atoms with van der Waals surface area (Å²) in [6, 6.07) is 0. The van der Waals surface area contributed by atoms with Crippen LogP contribution in [0.3, 0.4) is 0 Å². The summed E-state index contributed by atoms with van der Waals surface area (Å²) < 4.78 is 0. The number of nitrogens with zero attached hydrogens (tertiary/aromatic N) is 3. The molecule has 1 aromatic rings. The lowest BCUT2D eigenvalue weighted by atomic mass is 9.71. The lowest BCUT2D eigenvalue weighted by Crippen LogP contribution is -2.53. The van der Waals surface area contributed by atoms with E-state index in [1.54, 1.807) is 0 Å². The molecule has 0 spiro atoms. The molecule has 0 bridgehead atoms. The molecule has 2 fully saturated rings. The Kier molecular flexibility index (Phi) is 3.73. The van der Waals surface area contributed by atoms with Gasteiger partial charge in [-0.2, -0.15) is 0 Å². The van der Waals surface area contributed by atoms with Crippen LogP contribution < -0.4 is 10.2 Å². The van der Waals surface area contributed by atoms with Gasteiger partial charge in [-0.25, -0.2) is 9.97 Å². The quantitative estimate of drug-likeness (QED) is 0.820. The third-order valence-corrected chi connectivity index (χ3v) is 5.04. The summed E-state index contributed by atoms with van der Waals surface area (Å²) in [6.07, 6.45) is 6.70. The molecule has 1 saturated heterocycles. The van der Waals surface area contributed by atoms with Crippen LogP contribution in [0.15, 0.2) is 6.33 Å². The molecular formula is C14H21ClN4O. The zero-order chi connectivity index (χ0) is 14.2. The lowest BCUT2D eigenvalue weighted by Gasteiger charge is -2.47. The van der Waals surface area contributed by atoms with Crippen molar-refractivity contribution < 1.29 is 5.11 Å². The van der Waals surface area contributed by atoms with Gasteiger partial charge in [-0.15, -0.1) is 0 Å². The first kappa shape index (κ1) is 13.9. The molecular weight excluding hydrogens is 276 g/mol. The molecule has 2 unspecified atom stereocenters. The molecule has 5 nitrogen and oxygen atoms in total. The summed E-state index contributed by atoms with van der Waals surface area (Å²) in [5.41, 5.74) is 0.307. The molecule has 2 atom stereocenters. The summed E-state index contributed by atoms with van der Waals surface area (Å²) in [5.74, 6) is 1.18. The molecule has 1 aliphatic carbocycles. The van der Waals surface area contributed by atoms with Crippen LogP contribution in [0.25, 0.3) is 0 Å². The van der Waals surface area contributed by atoms with Crippen molar-refractivity contribution in [3.8, 4) is 0 Å². The normalized spacial score (nSPS) is 29.9. The molecule has 0 radical (unpaired) electrons. The van der Waals surface area contributed by atoms with Gasteiger partial charge in [0.25, 0.3) is 0 Å². The predicted molar refractivity (Wildman–Crippen MR) is 80.3 cm³/mol. The molecule has 3 rings (SSSR count). The number of rotatable bonds is 2. The summed E-state index contributed by atoms with van der Waals surface area (Å²) in [6.45, 7) is 1.66. The highest BCUT2D eigenvalue weighted by atomic mass is 35.5. The van der Waals surface area contributed by atoms with Gasteiger partial charge >= 0.3 is 0 Å². The van der Waals surface area contributed by atoms with Gasteiger partial charge in [0.15, 0.2) is 11.0 Å². The van der Waals surface area contributed by atoms with Crippen molar-refractivity contribution in [3.63, 3.8) is 0 Å². The summed E-state index contributed by atoms with van der Waals surface area (Å²) in [7, 11) is 1.83. The third kappa shape index (κ3) is 2.33. The van der Waals surface area contributed by atoms with E-state index in [0.29, 0.717) is 11.1 Å². The molecule has 20 heavy (non-hydrogen) atoms. The van der Waals surface area contributed by atoms with Gasteiger partial charge in [0.05, 0.1) is 5.60 Å². The third-order valence-electron chi connectivity index (χ3n) is 4.76. The van der Waals surface area contributed by atoms with Crippen LogP contribution >= 0.6 is 11.6 Å². The number of aliphatic hydroxyl groups is 1. The standard InChI is InChI=1S/C14H21ClN4O/c1-16-11-12(15)17-9-18-13(11)19-7-6-14(20)5-3-2-4-10(14)8-19/h9-10,16,20H,2-8H2,1H3. The van der Waals surface area contributed by atoms with Gasteiger partial charge in [0, 0.05) is 26.1 Å². The number of fused-ring (bicyclic) bond motifs is 1. The first-order valence-corrected chi connectivity index (χ1v) is 7.67. The maximum Gasteiger partial charge on any atom is 0.157 e. The number of anilines is 2. The van der Waals surface area contributed by atoms with Crippen LogP contribution in [0.5, 0.6) is 0 Å². The fourth-order valence-electron chi connectivity index (χ4n) is 3.57. The highest BCUT2D eigenvalue weighted by molar-refractivity contribution is 6.32. The Labute approximate surface area is 124 Å². The number of hydrogen-bond donors (Lipinski definition) is 2. The molecule has 0 amide bonds. The van der Waals surface area contributed by atoms with Crippen LogP contribution in [-0.4, -0.2) is 40.8 Å². The van der Waals surface area contributed by atoms with Gasteiger partial charge in [-0.05, 0) is 19.3 Å². The minimum Gasteiger partial charge on any atom is -0.389 e. The van der Waals surface area contributed by atoms with E-state index in [9.17, 15) is 5.11 Å². The van der Waals surface area contributed by atoms with Crippen molar-refractivity contribution >= 4 is 23.1 Å². The molecule has 1 aliphatic heterocycles. The van der Waals surface area contributed by atoms with Gasteiger partial charge < -0.3 is 15.3 Å². The molecule has 2 N–H and O–H groups in total. The van der Waals surface area contributed by atoms with Crippen LogP contribution in [0.1, 0.15) is 32.1 Å². The minimum atomic E-state index is -0.467. The van der Waals surface area contributed by atoms with E-state index in [0.717, 1.165) is 50.3 Å². The van der Waals surface area contributed by atoms with Crippen LogP contribution in [0, 0.1) is 5.92 Å². The molecule has 0 aromatic carbocycles. The SMILES string of the molecule is CNc1c(Cl)ncnc1N1CCC2(O)CCCCC2C1. The average molecular weight is 297 g/mol. The van der Waals surface area contributed by atoms with E-state index >= 15 is 0 Å². The summed E-state index contributed by atoms with van der Waals surface area (Å²) in [4.78, 5) is 10.6. The van der Waals surface area contributed by atoms with Crippen LogP contribution in [0.4, 0.5) is 11.5 Å². The Balaban J connectivity index is 1.84. The largest absolute Gasteiger partial charge is 0.389 e. The van der Waals surface area contributed by atoms with E-state index in [2.05, 4.69) is 20.2 Å². The predicted octanol–water partition coefficient (Wildman–Crippen LogP) is 2.30. The summed E-state index contributed by atoms with van der Waals surface area (Å²) in [5, 5.41) is 14.3. The highest BCUT2D eigenvalue weighted by Gasteiger charge is 2.43. The topological polar surface area (TPSA) is 61.3 Å². The second kappa shape index (κ2) is 5.37. The number of nitrogens with one attached hydrogen (secondary N) is 1. The first-order valence-electron chi connectivity index (χ1n) is 7.29. The number of halogens is 1. The van der Waals surface area contributed by atoms with Crippen molar-refractivity contribution in [1.29, 1.82) is 0 Å². The van der Waals surface area contributed by atoms with Gasteiger partial charge in [0.2, 0.25) is 0 Å². The smallest absolute Gasteiger partial charge is 0.157 e. The molecule has 2 aliphatic rings. The van der Waals surface area contributed by atoms with E-state index in [4.69, 9.17) is 11.6 Å². The summed E-state index contributed by atoms with van der Waals surface area (Å²) >= 11 is 6.12. The van der Waals surface area contributed by atoms with E-state index in [1.165, 1.54) is 12.7 Å². The van der Waals surface area contributed by atoms with Crippen molar-refractivity contribution in [2.75, 3.05) is 30.4 Å². The van der Waals surface area contributed by atoms with Crippen LogP contribution in [-0.2, 0) is 0 Å². The van der Waals surface area contributed by atoms with Crippen molar-refractivity contribution in [2.45, 2.75) is 37.7 Å². The average Bonchev–Trinajstić information content (AvgIpc) is 2.46. The molecule has 2 heterocycles. The zero-order valence-corrected chi connectivity index (χ0v) is 12.5. The highest BCUT2D eigenvalue weighted by Crippen LogP contribution is 2.42. The Morgan fingerprint density at radius 3 is 3.05 bits per heavy atom. The Morgan fingerprint density at radius 2 is 2.25 bits per heavy atom. The van der Waals surface area contributed by atoms with Gasteiger partial charge in [0.1, 0.15) is 12.0 Å². The molecule has 1 aromatic heterocycles. The number of piperidine rings is 1. The van der Waals surface area contributed by atoms with E-state index in [1.807, 2.05) is 7.05 Å². The van der Waals surface area contributed by atoms with Gasteiger partial charge in [-0.1, -0.05) is 24.4 Å². The van der Waals surface area contributed by atoms with Crippen LogP contribution in [0.2, 0.25) is 5.15 Å². The van der Waals surface area contributed by atoms with Crippen molar-refractivity contribution in [1.82, 2.24) is 9.97 Å². The number of aromatic nitrogens is 2. The maximum absolute atomic E-state index is 10.7. The molecule has 110 valence electrons. The molecule has 6 heteroatoms. The number of hydrogen-bond acceptors (Lipinski definition) is 5. The zero-order valence-electron chi connectivity index (χ0n) is 11.8. The Bertz CT molecular complexity index is 498. The van der Waals surface area contributed by atoms with Gasteiger partial charge in [-0.3, -0.25) is 0 Å². The fourth-order valence-corrected chi connectivity index (χ4v) is 3.80. The Hall–Kier alpha value is -1.07. The Morgan fingerprint density at radius 1 is 1.40 bits per heavy atom. The molecule has 1 saturated carbocycles. The van der Waals surface area contributed by atoms with E-state index in [-0.39, 0.29) is 0 Å². The minimum absolute atomic E-state index is 0.337. The van der Waals surface area contributed by atoms with Crippen molar-refractivity contribution in [3.05, 3.63) is 11.5 Å². The fraction of sp³-hybridized carbons (Fsp3) is 0.714. The van der Waals surface area contributed by atoms with Crippen molar-refractivity contribution in [2.24, 2.45) is 5.92 Å². The van der Waals surface area contributed by atoms with E-state index < -0.39 is 5.60 Å². The second-order valence-electron chi connectivity index (χ2n) is 5.86. The monoisotopic (exact) mass is 296 g/mol. The maximum atomic E-state index is 10.7. The second-order valence-corrected chi connectivity index (χ2v) is 6.21. The first-order chi connectivity index (χ1) is 9.64.